The molecule has 1 heterocycles. The molecule has 3 N–H and O–H groups in total. The lowest BCUT2D eigenvalue weighted by atomic mass is 10.2. The van der Waals surface area contributed by atoms with Crippen LogP contribution in [-0.4, -0.2) is 34.4 Å². The molecule has 130 valence electrons. The van der Waals surface area contributed by atoms with Gasteiger partial charge in [-0.1, -0.05) is 12.1 Å². The molecule has 0 fully saturated rings. The van der Waals surface area contributed by atoms with Crippen molar-refractivity contribution in [3.8, 4) is 0 Å². The molecule has 1 aromatic heterocycles. The van der Waals surface area contributed by atoms with Gasteiger partial charge in [0.05, 0.1) is 11.0 Å². The van der Waals surface area contributed by atoms with E-state index < -0.39 is 5.91 Å². The summed E-state index contributed by atoms with van der Waals surface area (Å²) in [5, 5.41) is 12.0. The molecular weight excluding hydrogens is 320 g/mol. The fourth-order valence-corrected chi connectivity index (χ4v) is 2.66. The number of nitrogens with one attached hydrogen (secondary N) is 2. The van der Waals surface area contributed by atoms with Crippen molar-refractivity contribution in [3.63, 3.8) is 0 Å². The minimum atomic E-state index is -0.543. The fourth-order valence-electron chi connectivity index (χ4n) is 2.66. The van der Waals surface area contributed by atoms with Gasteiger partial charge < -0.3 is 14.6 Å². The Balaban J connectivity index is 1.87. The van der Waals surface area contributed by atoms with E-state index in [9.17, 15) is 4.79 Å². The zero-order valence-electron chi connectivity index (χ0n) is 13.9. The zero-order valence-corrected chi connectivity index (χ0v) is 13.9. The number of imidazole rings is 1. The Morgan fingerprint density at radius 3 is 2.68 bits per heavy atom. The van der Waals surface area contributed by atoms with Crippen molar-refractivity contribution in [2.24, 2.45) is 0 Å². The summed E-state index contributed by atoms with van der Waals surface area (Å²) in [6.45, 7) is 1.46. The number of hydroxylamine groups is 1. The van der Waals surface area contributed by atoms with Crippen LogP contribution < -0.4 is 10.8 Å². The number of benzene rings is 2. The van der Waals surface area contributed by atoms with Gasteiger partial charge in [0.25, 0.3) is 5.91 Å². The van der Waals surface area contributed by atoms with Crippen LogP contribution in [0.3, 0.4) is 0 Å². The number of carbonyl (C=O) groups is 1. The number of aromatic nitrogens is 2. The minimum Gasteiger partial charge on any atom is -0.385 e. The van der Waals surface area contributed by atoms with Gasteiger partial charge in [0.15, 0.2) is 0 Å². The third-order valence-corrected chi connectivity index (χ3v) is 3.89. The SMILES string of the molecule is COCCCn1c(Nc2ccc(C(=O)NO)cc2)nc2ccccc21. The average molecular weight is 340 g/mol. The third kappa shape index (κ3) is 3.78. The van der Waals surface area contributed by atoms with Crippen LogP contribution in [-0.2, 0) is 11.3 Å². The minimum absolute atomic E-state index is 0.377. The van der Waals surface area contributed by atoms with Gasteiger partial charge in [-0.15, -0.1) is 0 Å². The van der Waals surface area contributed by atoms with Crippen LogP contribution in [0, 0.1) is 0 Å². The number of hydrogen-bond acceptors (Lipinski definition) is 5. The molecule has 1 amide bonds. The molecule has 3 rings (SSSR count). The standard InChI is InChI=1S/C18H20N4O3/c1-25-12-4-11-22-16-6-3-2-5-15(16)20-18(22)19-14-9-7-13(8-10-14)17(23)21-24/h2-3,5-10,24H,4,11-12H2,1H3,(H,19,20)(H,21,23). The van der Waals surface area contributed by atoms with E-state index >= 15 is 0 Å². The van der Waals surface area contributed by atoms with E-state index in [1.807, 2.05) is 24.3 Å². The first-order chi connectivity index (χ1) is 12.2. The number of fused-ring (bicyclic) bond motifs is 1. The molecule has 2 aromatic carbocycles. The lowest BCUT2D eigenvalue weighted by molar-refractivity contribution is 0.0706. The zero-order chi connectivity index (χ0) is 17.6. The molecule has 7 nitrogen and oxygen atoms in total. The number of carbonyl (C=O) groups excluding carboxylic acids is 1. The van der Waals surface area contributed by atoms with Gasteiger partial charge in [-0.2, -0.15) is 0 Å². The van der Waals surface area contributed by atoms with Gasteiger partial charge in [-0.05, 0) is 42.8 Å². The second-order valence-corrected chi connectivity index (χ2v) is 5.57. The van der Waals surface area contributed by atoms with Crippen LogP contribution in [0.1, 0.15) is 16.8 Å². The predicted molar refractivity (Wildman–Crippen MR) is 95.2 cm³/mol. The highest BCUT2D eigenvalue weighted by Gasteiger charge is 2.11. The number of ether oxygens (including phenoxy) is 1. The maximum atomic E-state index is 11.4. The van der Waals surface area contributed by atoms with Crippen molar-refractivity contribution in [2.75, 3.05) is 19.0 Å². The molecule has 3 aromatic rings. The van der Waals surface area contributed by atoms with Crippen molar-refractivity contribution in [3.05, 3.63) is 54.1 Å². The average Bonchev–Trinajstić information content (AvgIpc) is 2.99. The van der Waals surface area contributed by atoms with Crippen LogP contribution in [0.15, 0.2) is 48.5 Å². The number of para-hydroxylation sites is 2. The Bertz CT molecular complexity index is 858. The molecule has 0 radical (unpaired) electrons. The predicted octanol–water partition coefficient (Wildman–Crippen LogP) is 2.94. The number of anilines is 2. The Morgan fingerprint density at radius 1 is 1.20 bits per heavy atom. The number of methoxy groups -OCH3 is 1. The summed E-state index contributed by atoms with van der Waals surface area (Å²) in [7, 11) is 1.69. The van der Waals surface area contributed by atoms with Gasteiger partial charge in [0.2, 0.25) is 5.95 Å². The van der Waals surface area contributed by atoms with Crippen LogP contribution in [0.25, 0.3) is 11.0 Å². The summed E-state index contributed by atoms with van der Waals surface area (Å²) in [5.41, 5.74) is 4.77. The summed E-state index contributed by atoms with van der Waals surface area (Å²) < 4.78 is 7.26. The molecule has 0 saturated carbocycles. The van der Waals surface area contributed by atoms with E-state index in [0.29, 0.717) is 12.2 Å². The molecule has 0 unspecified atom stereocenters. The summed E-state index contributed by atoms with van der Waals surface area (Å²) >= 11 is 0. The van der Waals surface area contributed by atoms with Gasteiger partial charge in [-0.3, -0.25) is 10.0 Å². The highest BCUT2D eigenvalue weighted by molar-refractivity contribution is 5.93. The summed E-state index contributed by atoms with van der Waals surface area (Å²) in [4.78, 5) is 16.0. The summed E-state index contributed by atoms with van der Waals surface area (Å²) in [6, 6.07) is 14.8. The van der Waals surface area contributed by atoms with Crippen LogP contribution in [0.4, 0.5) is 11.6 Å². The smallest absolute Gasteiger partial charge is 0.274 e. The van der Waals surface area contributed by atoms with E-state index in [-0.39, 0.29) is 0 Å². The molecule has 25 heavy (non-hydrogen) atoms. The highest BCUT2D eigenvalue weighted by atomic mass is 16.5. The molecule has 0 aliphatic carbocycles. The van der Waals surface area contributed by atoms with Crippen molar-refractivity contribution in [1.29, 1.82) is 0 Å². The summed E-state index contributed by atoms with van der Waals surface area (Å²) in [5.74, 6) is 0.190. The number of hydrogen-bond donors (Lipinski definition) is 3. The maximum Gasteiger partial charge on any atom is 0.274 e. The van der Waals surface area contributed by atoms with Gasteiger partial charge in [0.1, 0.15) is 0 Å². The van der Waals surface area contributed by atoms with Crippen molar-refractivity contribution < 1.29 is 14.7 Å². The molecular formula is C18H20N4O3. The van der Waals surface area contributed by atoms with Gasteiger partial charge in [-0.25, -0.2) is 10.5 Å². The molecule has 0 saturated heterocycles. The Kier molecular flexibility index (Phi) is 5.27. The highest BCUT2D eigenvalue weighted by Crippen LogP contribution is 2.23. The van der Waals surface area contributed by atoms with Crippen molar-refractivity contribution in [2.45, 2.75) is 13.0 Å². The number of amides is 1. The largest absolute Gasteiger partial charge is 0.385 e. The normalized spacial score (nSPS) is 10.8. The topological polar surface area (TPSA) is 88.4 Å². The van der Waals surface area contributed by atoms with E-state index in [1.54, 1.807) is 36.9 Å². The molecule has 0 atom stereocenters. The molecule has 0 bridgehead atoms. The Labute approximate surface area is 145 Å². The van der Waals surface area contributed by atoms with E-state index in [2.05, 4.69) is 14.9 Å². The summed E-state index contributed by atoms with van der Waals surface area (Å²) in [6.07, 6.45) is 0.876. The van der Waals surface area contributed by atoms with E-state index in [0.717, 1.165) is 35.6 Å². The maximum absolute atomic E-state index is 11.4. The molecule has 0 aliphatic rings. The monoisotopic (exact) mass is 340 g/mol. The third-order valence-electron chi connectivity index (χ3n) is 3.89. The molecule has 0 aliphatic heterocycles. The first kappa shape index (κ1) is 16.9. The lowest BCUT2D eigenvalue weighted by Crippen LogP contribution is -2.18. The first-order valence-corrected chi connectivity index (χ1v) is 7.98. The second-order valence-electron chi connectivity index (χ2n) is 5.57. The number of aryl methyl sites for hydroxylation is 1. The van der Waals surface area contributed by atoms with Gasteiger partial charge >= 0.3 is 0 Å². The molecule has 0 spiro atoms. The Hall–Kier alpha value is -2.90. The van der Waals surface area contributed by atoms with Gasteiger partial charge in [0, 0.05) is 31.5 Å². The molecule has 7 heteroatoms. The van der Waals surface area contributed by atoms with E-state index in [4.69, 9.17) is 9.94 Å². The van der Waals surface area contributed by atoms with E-state index in [1.165, 1.54) is 0 Å². The Morgan fingerprint density at radius 2 is 1.96 bits per heavy atom. The second kappa shape index (κ2) is 7.78. The van der Waals surface area contributed by atoms with Crippen molar-refractivity contribution >= 4 is 28.6 Å². The van der Waals surface area contributed by atoms with Crippen LogP contribution in [0.2, 0.25) is 0 Å². The van der Waals surface area contributed by atoms with Crippen LogP contribution in [0.5, 0.6) is 0 Å². The number of rotatable bonds is 7. The quantitative estimate of drug-likeness (QED) is 0.350. The first-order valence-electron chi connectivity index (χ1n) is 7.98. The lowest BCUT2D eigenvalue weighted by Gasteiger charge is -2.11. The van der Waals surface area contributed by atoms with Crippen molar-refractivity contribution in [1.82, 2.24) is 15.0 Å². The van der Waals surface area contributed by atoms with Crippen LogP contribution >= 0.6 is 0 Å². The number of nitrogens with zero attached hydrogens (tertiary/aromatic N) is 2. The fraction of sp³-hybridized carbons (Fsp3) is 0.222.